The third-order valence-electron chi connectivity index (χ3n) is 7.00. The van der Waals surface area contributed by atoms with E-state index in [1.165, 1.54) is 6.07 Å². The van der Waals surface area contributed by atoms with E-state index in [1.807, 2.05) is 47.4 Å². The number of aromatic nitrogens is 3. The summed E-state index contributed by atoms with van der Waals surface area (Å²) in [4.78, 5) is 16.0. The number of H-pyrrole nitrogens is 1. The topological polar surface area (TPSA) is 77.5 Å². The number of anilines is 2. The van der Waals surface area contributed by atoms with E-state index in [1.54, 1.807) is 6.20 Å². The standard InChI is InChI=1S/C26H24F3N5O2/c27-26(28,29)18-7-8-20-21(14-18)32-23(31-20)17-6-9-22(30-15-17)33-12-10-25(11-13-33)16-34(24(35)36-25)19-4-2-1-3-5-19/h1-9,14-15,24,35H,10-13,16H2,(H,31,32). The number of nitrogens with one attached hydrogen (secondary N) is 1. The van der Waals surface area contributed by atoms with Crippen LogP contribution in [0.1, 0.15) is 18.4 Å². The Balaban J connectivity index is 1.13. The highest BCUT2D eigenvalue weighted by molar-refractivity contribution is 5.80. The number of aliphatic hydroxyl groups is 1. The molecule has 36 heavy (non-hydrogen) atoms. The number of rotatable bonds is 3. The Kier molecular flexibility index (Phi) is 5.38. The molecule has 186 valence electrons. The van der Waals surface area contributed by atoms with Crippen LogP contribution in [0.5, 0.6) is 0 Å². The Morgan fingerprint density at radius 2 is 1.81 bits per heavy atom. The maximum absolute atomic E-state index is 13.0. The van der Waals surface area contributed by atoms with Crippen molar-refractivity contribution in [3.63, 3.8) is 0 Å². The van der Waals surface area contributed by atoms with Gasteiger partial charge in [-0.05, 0) is 55.3 Å². The fraction of sp³-hybridized carbons (Fsp3) is 0.308. The summed E-state index contributed by atoms with van der Waals surface area (Å²) in [6, 6.07) is 17.0. The largest absolute Gasteiger partial charge is 0.416 e. The molecule has 6 rings (SSSR count). The number of alkyl halides is 3. The van der Waals surface area contributed by atoms with Gasteiger partial charge in [0.25, 0.3) is 0 Å². The summed E-state index contributed by atoms with van der Waals surface area (Å²) < 4.78 is 45.1. The van der Waals surface area contributed by atoms with Crippen molar-refractivity contribution in [2.45, 2.75) is 31.0 Å². The number of hydrogen-bond donors (Lipinski definition) is 2. The van der Waals surface area contributed by atoms with Gasteiger partial charge >= 0.3 is 6.18 Å². The second kappa shape index (κ2) is 8.49. The summed E-state index contributed by atoms with van der Waals surface area (Å²) in [6.07, 6.45) is -2.19. The van der Waals surface area contributed by atoms with E-state index in [-0.39, 0.29) is 0 Å². The van der Waals surface area contributed by atoms with Crippen molar-refractivity contribution < 1.29 is 23.0 Å². The quantitative estimate of drug-likeness (QED) is 0.426. The van der Waals surface area contributed by atoms with E-state index >= 15 is 0 Å². The lowest BCUT2D eigenvalue weighted by molar-refractivity contribution is -0.141. The molecule has 0 saturated carbocycles. The minimum atomic E-state index is -4.41. The zero-order valence-corrected chi connectivity index (χ0v) is 19.2. The lowest BCUT2D eigenvalue weighted by atomic mass is 9.91. The molecule has 7 nitrogen and oxygen atoms in total. The van der Waals surface area contributed by atoms with Gasteiger partial charge in [0.15, 0.2) is 0 Å². The minimum absolute atomic E-state index is 0.327. The molecule has 4 aromatic rings. The lowest BCUT2D eigenvalue weighted by Gasteiger charge is -2.38. The monoisotopic (exact) mass is 495 g/mol. The molecule has 2 fully saturated rings. The van der Waals surface area contributed by atoms with Crippen LogP contribution < -0.4 is 9.80 Å². The van der Waals surface area contributed by atoms with Gasteiger partial charge in [0.05, 0.1) is 28.7 Å². The molecular weight excluding hydrogens is 471 g/mol. The molecule has 2 aromatic heterocycles. The Bertz CT molecular complexity index is 1370. The average Bonchev–Trinajstić information content (AvgIpc) is 3.45. The normalized spacial score (nSPS) is 19.9. The number of pyridine rings is 1. The predicted molar refractivity (Wildman–Crippen MR) is 129 cm³/mol. The van der Waals surface area contributed by atoms with Crippen molar-refractivity contribution in [2.75, 3.05) is 29.4 Å². The van der Waals surface area contributed by atoms with E-state index in [2.05, 4.69) is 19.9 Å². The SMILES string of the molecule is OC1OC2(CCN(c3ccc(-c4nc5ccc(C(F)(F)F)cc5[nH]4)cn3)CC2)CN1c1ccccc1. The Hall–Kier alpha value is -3.63. The molecule has 2 aromatic carbocycles. The summed E-state index contributed by atoms with van der Waals surface area (Å²) in [5, 5.41) is 10.5. The Labute approximate surface area is 205 Å². The summed E-state index contributed by atoms with van der Waals surface area (Å²) in [5.41, 5.74) is 1.29. The van der Waals surface area contributed by atoms with Gasteiger partial charge in [0.2, 0.25) is 6.41 Å². The van der Waals surface area contributed by atoms with Crippen LogP contribution in [0.25, 0.3) is 22.4 Å². The predicted octanol–water partition coefficient (Wildman–Crippen LogP) is 4.80. The fourth-order valence-corrected chi connectivity index (χ4v) is 5.01. The third-order valence-corrected chi connectivity index (χ3v) is 7.00. The van der Waals surface area contributed by atoms with E-state index < -0.39 is 23.8 Å². The molecule has 1 unspecified atom stereocenters. The molecule has 0 bridgehead atoms. The number of fused-ring (bicyclic) bond motifs is 1. The molecule has 2 N–H and O–H groups in total. The first-order valence-corrected chi connectivity index (χ1v) is 11.8. The van der Waals surface area contributed by atoms with E-state index in [9.17, 15) is 18.3 Å². The first-order valence-electron chi connectivity index (χ1n) is 11.8. The summed E-state index contributed by atoms with van der Waals surface area (Å²) in [5.74, 6) is 1.28. The van der Waals surface area contributed by atoms with Crippen LogP contribution in [0.2, 0.25) is 0 Å². The smallest absolute Gasteiger partial charge is 0.356 e. The van der Waals surface area contributed by atoms with Gasteiger partial charge in [-0.15, -0.1) is 0 Å². The van der Waals surface area contributed by atoms with Gasteiger partial charge in [-0.3, -0.25) is 0 Å². The number of nitrogens with zero attached hydrogens (tertiary/aromatic N) is 4. The number of hydrogen-bond acceptors (Lipinski definition) is 6. The van der Waals surface area contributed by atoms with Gasteiger partial charge in [0.1, 0.15) is 11.6 Å². The molecule has 2 saturated heterocycles. The van der Waals surface area contributed by atoms with Gasteiger partial charge in [-0.25, -0.2) is 9.97 Å². The van der Waals surface area contributed by atoms with Crippen molar-refractivity contribution in [3.8, 4) is 11.4 Å². The van der Waals surface area contributed by atoms with Crippen LogP contribution >= 0.6 is 0 Å². The highest BCUT2D eigenvalue weighted by Crippen LogP contribution is 2.38. The van der Waals surface area contributed by atoms with Gasteiger partial charge < -0.3 is 24.6 Å². The zero-order valence-electron chi connectivity index (χ0n) is 19.2. The molecule has 2 aliphatic rings. The molecule has 1 spiro atoms. The lowest BCUT2D eigenvalue weighted by Crippen LogP contribution is -2.47. The third kappa shape index (κ3) is 4.16. The molecule has 0 amide bonds. The van der Waals surface area contributed by atoms with Crippen LogP contribution in [0.3, 0.4) is 0 Å². The average molecular weight is 496 g/mol. The van der Waals surface area contributed by atoms with Crippen molar-refractivity contribution >= 4 is 22.5 Å². The van der Waals surface area contributed by atoms with Crippen LogP contribution in [-0.4, -0.2) is 51.7 Å². The highest BCUT2D eigenvalue weighted by atomic mass is 19.4. The number of benzene rings is 2. The summed E-state index contributed by atoms with van der Waals surface area (Å²) >= 11 is 0. The first kappa shape index (κ1) is 22.8. The van der Waals surface area contributed by atoms with E-state index in [4.69, 9.17) is 4.74 Å². The zero-order chi connectivity index (χ0) is 24.9. The number of imidazole rings is 1. The number of aromatic amines is 1. The molecule has 0 aliphatic carbocycles. The number of piperidine rings is 1. The van der Waals surface area contributed by atoms with Crippen LogP contribution in [-0.2, 0) is 10.9 Å². The van der Waals surface area contributed by atoms with E-state index in [0.717, 1.165) is 49.6 Å². The number of aliphatic hydroxyl groups excluding tert-OH is 1. The van der Waals surface area contributed by atoms with Crippen molar-refractivity contribution in [1.29, 1.82) is 0 Å². The van der Waals surface area contributed by atoms with Crippen LogP contribution in [0.15, 0.2) is 66.9 Å². The van der Waals surface area contributed by atoms with Gasteiger partial charge in [-0.1, -0.05) is 18.2 Å². The van der Waals surface area contributed by atoms with Crippen molar-refractivity contribution in [3.05, 3.63) is 72.4 Å². The first-order chi connectivity index (χ1) is 17.3. The van der Waals surface area contributed by atoms with Crippen molar-refractivity contribution in [2.24, 2.45) is 0 Å². The van der Waals surface area contributed by atoms with Crippen LogP contribution in [0, 0.1) is 0 Å². The highest BCUT2D eigenvalue weighted by Gasteiger charge is 2.46. The van der Waals surface area contributed by atoms with Crippen LogP contribution in [0.4, 0.5) is 24.7 Å². The molecule has 2 aliphatic heterocycles. The van der Waals surface area contributed by atoms with Crippen molar-refractivity contribution in [1.82, 2.24) is 15.0 Å². The molecule has 4 heterocycles. The maximum Gasteiger partial charge on any atom is 0.416 e. The molecule has 1 atom stereocenters. The fourth-order valence-electron chi connectivity index (χ4n) is 5.01. The molecule has 0 radical (unpaired) electrons. The number of ether oxygens (including phenoxy) is 1. The number of halogens is 3. The van der Waals surface area contributed by atoms with Gasteiger partial charge in [0, 0.05) is 30.5 Å². The minimum Gasteiger partial charge on any atom is -0.356 e. The Morgan fingerprint density at radius 1 is 1.03 bits per heavy atom. The van der Waals surface area contributed by atoms with Gasteiger partial charge in [-0.2, -0.15) is 13.2 Å². The second-order valence-electron chi connectivity index (χ2n) is 9.30. The van der Waals surface area contributed by atoms with E-state index in [0.29, 0.717) is 29.0 Å². The second-order valence-corrected chi connectivity index (χ2v) is 9.30. The summed E-state index contributed by atoms with van der Waals surface area (Å²) in [7, 11) is 0. The maximum atomic E-state index is 13.0. The Morgan fingerprint density at radius 3 is 2.50 bits per heavy atom. The summed E-state index contributed by atoms with van der Waals surface area (Å²) in [6.45, 7) is 2.08. The molecular formula is C26H24F3N5O2. The number of para-hydroxylation sites is 1. The molecule has 10 heteroatoms.